The van der Waals surface area contributed by atoms with Crippen molar-refractivity contribution >= 4 is 22.0 Å². The van der Waals surface area contributed by atoms with Crippen molar-refractivity contribution in [2.75, 3.05) is 59.0 Å². The number of carbonyl (C=O) groups is 2. The molecule has 0 aliphatic heterocycles. The van der Waals surface area contributed by atoms with Gasteiger partial charge in [0.15, 0.2) is 5.78 Å². The molecule has 0 spiro atoms. The molecule has 480 valence electrons. The molecule has 9 unspecified atom stereocenters. The van der Waals surface area contributed by atoms with Crippen molar-refractivity contribution in [1.29, 1.82) is 0 Å². The number of hydrogen-bond acceptors (Lipinski definition) is 13. The molecule has 0 heterocycles. The highest BCUT2D eigenvalue weighted by molar-refractivity contribution is 7.80. The van der Waals surface area contributed by atoms with Gasteiger partial charge in [-0.2, -0.15) is 8.42 Å². The minimum Gasteiger partial charge on any atom is -0.393 e. The Morgan fingerprint density at radius 2 is 0.988 bits per heavy atom. The highest BCUT2D eigenvalue weighted by Gasteiger charge is 2.65. The van der Waals surface area contributed by atoms with E-state index < -0.39 is 16.3 Å². The standard InChI is InChI=1S/C34H63N3O6S.C34H61N3O2/c1-23(8-11-30(38)24(2)22-43-44(40,41)42)27-9-10-28-32-29(13-15-34(27,28)4)33(3)14-12-26(20-25(33)21-31(32)39)37-19-7-18-36-17-6-5-16-35;1-23(2)30(38)12-9-24(3)27-10-11-28-32-29(14-16-34(27,28)5)33(4)15-13-26(21-25(33)22-31(32)39)37-20-8-19-36-18-7-6-17-35/h23-29,31-32,36-37,39H,5-22,35H2,1-4H3,(H,40,41,42);24-29,31-32,36-37,39H,1,6-22,35H2,2-5H3/t23?,24?,25-,26+,27-,28?,29?,31-,32?,33+,34-;24?,25-,26+,27-,28?,29?,31-,32?,33+,34-/m11/s1. The number of nitrogens with two attached hydrogens (primary N) is 2. The number of aliphatic hydroxyl groups is 2. The normalized spacial score (nSPS) is 39.3. The van der Waals surface area contributed by atoms with Gasteiger partial charge in [0.25, 0.3) is 0 Å². The highest BCUT2D eigenvalue weighted by atomic mass is 32.3. The molecule has 0 radical (unpaired) electrons. The van der Waals surface area contributed by atoms with E-state index in [0.717, 1.165) is 110 Å². The molecular weight excluding hydrogens is 1060 g/mol. The summed E-state index contributed by atoms with van der Waals surface area (Å²) in [6.07, 6.45) is 28.5. The molecule has 0 bridgehead atoms. The highest BCUT2D eigenvalue weighted by Crippen LogP contribution is 2.70. The number of unbranched alkanes of at least 4 members (excludes halogenated alkanes) is 2. The van der Waals surface area contributed by atoms with Crippen LogP contribution in [-0.4, -0.2) is 118 Å². The fourth-order valence-corrected chi connectivity index (χ4v) is 21.1. The van der Waals surface area contributed by atoms with Crippen LogP contribution < -0.4 is 32.7 Å². The molecule has 15 heteroatoms. The molecular formula is C68H124N6O8S. The van der Waals surface area contributed by atoms with Gasteiger partial charge in [-0.1, -0.05) is 55.0 Å². The van der Waals surface area contributed by atoms with Gasteiger partial charge in [0.05, 0.1) is 18.8 Å². The largest absolute Gasteiger partial charge is 0.397 e. The maximum absolute atomic E-state index is 12.7. The van der Waals surface area contributed by atoms with Crippen LogP contribution in [0.3, 0.4) is 0 Å². The van der Waals surface area contributed by atoms with Gasteiger partial charge in [-0.25, -0.2) is 4.18 Å². The number of Topliss-reactive ketones (excluding diaryl/α,β-unsaturated/α-hetero) is 2. The first-order chi connectivity index (χ1) is 39.4. The van der Waals surface area contributed by atoms with Crippen LogP contribution in [0, 0.1) is 98.6 Å². The average Bonchev–Trinajstić information content (AvgIpc) is 2.12. The number of hydrogen-bond donors (Lipinski definition) is 9. The van der Waals surface area contributed by atoms with E-state index in [2.05, 4.69) is 73.6 Å². The van der Waals surface area contributed by atoms with Gasteiger partial charge in [0, 0.05) is 30.8 Å². The van der Waals surface area contributed by atoms with E-state index in [0.29, 0.717) is 118 Å². The third kappa shape index (κ3) is 16.7. The van der Waals surface area contributed by atoms with Crippen molar-refractivity contribution in [3.8, 4) is 0 Å². The summed E-state index contributed by atoms with van der Waals surface area (Å²) in [4.78, 5) is 24.9. The quantitative estimate of drug-likeness (QED) is 0.0178. The Labute approximate surface area is 505 Å². The predicted molar refractivity (Wildman–Crippen MR) is 337 cm³/mol. The van der Waals surface area contributed by atoms with E-state index in [1.807, 2.05) is 6.92 Å². The number of nitrogens with one attached hydrogen (secondary N) is 4. The van der Waals surface area contributed by atoms with Crippen molar-refractivity contribution < 1.29 is 37.0 Å². The smallest absolute Gasteiger partial charge is 0.393 e. The van der Waals surface area contributed by atoms with E-state index in [1.165, 1.54) is 96.3 Å². The van der Waals surface area contributed by atoms with Crippen LogP contribution in [-0.2, 0) is 24.2 Å². The fraction of sp³-hybridized carbons (Fsp3) is 0.941. The first-order valence-electron chi connectivity index (χ1n) is 34.4. The topological polar surface area (TPSA) is 238 Å². The Morgan fingerprint density at radius 3 is 1.41 bits per heavy atom. The molecule has 0 saturated heterocycles. The number of allylic oxidation sites excluding steroid dienone is 1. The summed E-state index contributed by atoms with van der Waals surface area (Å²) in [5, 5.41) is 38.3. The van der Waals surface area contributed by atoms with Gasteiger partial charge in [-0.05, 0) is 312 Å². The number of carbonyl (C=O) groups excluding carboxylic acids is 2. The lowest BCUT2D eigenvalue weighted by atomic mass is 9.43. The van der Waals surface area contributed by atoms with Gasteiger partial charge >= 0.3 is 10.4 Å². The second kappa shape index (κ2) is 30.9. The Bertz CT molecular complexity index is 2170. The lowest BCUT2D eigenvalue weighted by molar-refractivity contribution is -0.167. The first kappa shape index (κ1) is 69.1. The number of fused-ring (bicyclic) bond motifs is 10. The second-order valence-electron chi connectivity index (χ2n) is 30.4. The summed E-state index contributed by atoms with van der Waals surface area (Å²) >= 11 is 0. The summed E-state index contributed by atoms with van der Waals surface area (Å²) in [6, 6.07) is 1.17. The van der Waals surface area contributed by atoms with Crippen LogP contribution in [0.4, 0.5) is 0 Å². The van der Waals surface area contributed by atoms with E-state index in [1.54, 1.807) is 6.92 Å². The maximum Gasteiger partial charge on any atom is 0.397 e. The number of ketones is 2. The van der Waals surface area contributed by atoms with E-state index >= 15 is 0 Å². The molecule has 11 N–H and O–H groups in total. The molecule has 14 nitrogen and oxygen atoms in total. The first-order valence-corrected chi connectivity index (χ1v) is 35.8. The lowest BCUT2D eigenvalue weighted by Gasteiger charge is -2.62. The van der Waals surface area contributed by atoms with E-state index in [9.17, 15) is 28.2 Å². The third-order valence-electron chi connectivity index (χ3n) is 25.6. The van der Waals surface area contributed by atoms with Gasteiger partial charge in [-0.15, -0.1) is 0 Å². The van der Waals surface area contributed by atoms with Crippen LogP contribution in [0.1, 0.15) is 222 Å². The Hall–Kier alpha value is -1.37. The molecule has 8 rings (SSSR count). The van der Waals surface area contributed by atoms with Gasteiger partial charge < -0.3 is 42.9 Å². The van der Waals surface area contributed by atoms with Gasteiger partial charge in [0.2, 0.25) is 0 Å². The maximum atomic E-state index is 12.7. The zero-order chi connectivity index (χ0) is 60.3. The monoisotopic (exact) mass is 1180 g/mol. The Balaban J connectivity index is 0.000000240. The Morgan fingerprint density at radius 1 is 0.578 bits per heavy atom. The van der Waals surface area contributed by atoms with Crippen molar-refractivity contribution in [3.63, 3.8) is 0 Å². The fourth-order valence-electron chi connectivity index (χ4n) is 20.7. The minimum atomic E-state index is -4.54. The van der Waals surface area contributed by atoms with Crippen molar-refractivity contribution in [2.45, 2.75) is 247 Å². The third-order valence-corrected chi connectivity index (χ3v) is 26.0. The van der Waals surface area contributed by atoms with Crippen LogP contribution in [0.15, 0.2) is 12.2 Å². The van der Waals surface area contributed by atoms with Crippen LogP contribution in [0.25, 0.3) is 0 Å². The number of rotatable bonds is 31. The van der Waals surface area contributed by atoms with Crippen LogP contribution in [0.2, 0.25) is 0 Å². The molecule has 8 aliphatic carbocycles. The van der Waals surface area contributed by atoms with Crippen molar-refractivity contribution in [2.24, 2.45) is 110 Å². The second-order valence-corrected chi connectivity index (χ2v) is 31.5. The zero-order valence-electron chi connectivity index (χ0n) is 53.7. The molecule has 0 aromatic heterocycles. The minimum absolute atomic E-state index is 0.0225. The van der Waals surface area contributed by atoms with Gasteiger partial charge in [0.1, 0.15) is 5.78 Å². The lowest BCUT2D eigenvalue weighted by Crippen LogP contribution is -2.59. The summed E-state index contributed by atoms with van der Waals surface area (Å²) < 4.78 is 35.0. The molecule has 8 fully saturated rings. The molecule has 0 aromatic rings. The van der Waals surface area contributed by atoms with Gasteiger partial charge in [-0.3, -0.25) is 14.1 Å². The van der Waals surface area contributed by atoms with Crippen molar-refractivity contribution in [1.82, 2.24) is 21.3 Å². The van der Waals surface area contributed by atoms with Crippen LogP contribution >= 0.6 is 0 Å². The summed E-state index contributed by atoms with van der Waals surface area (Å²) in [5.41, 5.74) is 13.0. The molecule has 0 amide bonds. The number of aliphatic hydroxyl groups excluding tert-OH is 2. The average molecular weight is 1190 g/mol. The summed E-state index contributed by atoms with van der Waals surface area (Å²) in [7, 11) is -4.54. The summed E-state index contributed by atoms with van der Waals surface area (Å²) in [5.74, 6) is 6.28. The summed E-state index contributed by atoms with van der Waals surface area (Å²) in [6.45, 7) is 29.8. The Kier molecular flexibility index (Phi) is 25.7. The molecule has 0 aromatic carbocycles. The van der Waals surface area contributed by atoms with E-state index in [-0.39, 0.29) is 35.8 Å². The van der Waals surface area contributed by atoms with Crippen LogP contribution in [0.5, 0.6) is 0 Å². The molecule has 83 heavy (non-hydrogen) atoms. The zero-order valence-corrected chi connectivity index (χ0v) is 54.5. The SMILES string of the molecule is C=C(C)C(=O)CCC(C)[C@H]1CCC2C3C(CC[C@@]21C)[C@@]1(C)CC[C@H](NCCCNCCCCN)C[C@@H]1C[C@H]3O.CC(COS(=O)(=O)O)C(=O)CCC(C)[C@H]1CCC2C3C(CC[C@@]21C)[C@@]1(C)CC[C@H](NCCCNCCCCN)C[C@@H]1C[C@H]3O. The molecule has 21 atom stereocenters. The molecule has 8 saturated carbocycles. The predicted octanol–water partition coefficient (Wildman–Crippen LogP) is 10.6. The van der Waals surface area contributed by atoms with Crippen molar-refractivity contribution in [3.05, 3.63) is 12.2 Å². The molecule has 8 aliphatic rings. The van der Waals surface area contributed by atoms with E-state index in [4.69, 9.17) is 16.0 Å².